The van der Waals surface area contributed by atoms with E-state index in [1.807, 2.05) is 31.2 Å². The summed E-state index contributed by atoms with van der Waals surface area (Å²) in [6, 6.07) is 12.7. The summed E-state index contributed by atoms with van der Waals surface area (Å²) in [4.78, 5) is 23.7. The van der Waals surface area contributed by atoms with Crippen LogP contribution in [-0.2, 0) is 9.59 Å². The van der Waals surface area contributed by atoms with Crippen LogP contribution in [0.4, 0.5) is 11.4 Å². The molecule has 0 radical (unpaired) electrons. The molecule has 0 bridgehead atoms. The molecule has 0 aliphatic carbocycles. The van der Waals surface area contributed by atoms with E-state index in [0.717, 1.165) is 10.0 Å². The van der Waals surface area contributed by atoms with Gasteiger partial charge < -0.3 is 16.0 Å². The van der Waals surface area contributed by atoms with E-state index >= 15 is 0 Å². The molecule has 0 aliphatic heterocycles. The zero-order chi connectivity index (χ0) is 17.5. The summed E-state index contributed by atoms with van der Waals surface area (Å²) in [5, 5.41) is 8.77. The van der Waals surface area contributed by atoms with Gasteiger partial charge in [0.05, 0.1) is 23.8 Å². The summed E-state index contributed by atoms with van der Waals surface area (Å²) >= 11 is 9.36. The molecular weight excluding hydrogens is 394 g/mol. The van der Waals surface area contributed by atoms with Crippen molar-refractivity contribution in [1.82, 2.24) is 5.32 Å². The molecule has 0 fully saturated rings. The van der Waals surface area contributed by atoms with Crippen molar-refractivity contribution in [3.63, 3.8) is 0 Å². The number of para-hydroxylation sites is 1. The number of rotatable bonds is 6. The topological polar surface area (TPSA) is 70.2 Å². The second-order valence-electron chi connectivity index (χ2n) is 5.12. The van der Waals surface area contributed by atoms with Crippen LogP contribution in [0.25, 0.3) is 0 Å². The van der Waals surface area contributed by atoms with Gasteiger partial charge in [-0.25, -0.2) is 0 Å². The second-order valence-corrected chi connectivity index (χ2v) is 6.44. The first-order chi connectivity index (χ1) is 11.5. The molecule has 2 rings (SSSR count). The molecule has 0 aromatic heterocycles. The van der Waals surface area contributed by atoms with Gasteiger partial charge in [0, 0.05) is 10.2 Å². The Balaban J connectivity index is 1.77. The van der Waals surface area contributed by atoms with Gasteiger partial charge >= 0.3 is 0 Å². The van der Waals surface area contributed by atoms with E-state index in [2.05, 4.69) is 31.9 Å². The van der Waals surface area contributed by atoms with Gasteiger partial charge in [-0.1, -0.05) is 39.7 Å². The van der Waals surface area contributed by atoms with E-state index in [1.54, 1.807) is 18.2 Å². The van der Waals surface area contributed by atoms with Crippen molar-refractivity contribution >= 4 is 50.7 Å². The number of anilines is 2. The lowest BCUT2D eigenvalue weighted by Crippen LogP contribution is -2.36. The number of benzene rings is 2. The van der Waals surface area contributed by atoms with E-state index in [0.29, 0.717) is 16.4 Å². The Morgan fingerprint density at radius 2 is 1.79 bits per heavy atom. The molecular formula is C17H17BrClN3O2. The second kappa shape index (κ2) is 8.70. The van der Waals surface area contributed by atoms with Crippen LogP contribution in [0, 0.1) is 6.92 Å². The SMILES string of the molecule is Cc1cc(Br)ccc1NC(=O)CNC(=O)CNc1ccccc1Cl. The standard InChI is InChI=1S/C17H17BrClN3O2/c1-11-8-12(18)6-7-14(11)22-17(24)10-21-16(23)9-20-15-5-3-2-4-13(15)19/h2-8,20H,9-10H2,1H3,(H,21,23)(H,22,24). The fourth-order valence-corrected chi connectivity index (χ4v) is 2.66. The Morgan fingerprint density at radius 1 is 1.04 bits per heavy atom. The summed E-state index contributed by atoms with van der Waals surface area (Å²) < 4.78 is 0.942. The molecule has 5 nitrogen and oxygen atoms in total. The molecule has 3 N–H and O–H groups in total. The van der Waals surface area contributed by atoms with Crippen LogP contribution >= 0.6 is 27.5 Å². The Hall–Kier alpha value is -2.05. The van der Waals surface area contributed by atoms with Crippen molar-refractivity contribution in [3.8, 4) is 0 Å². The number of nitrogens with one attached hydrogen (secondary N) is 3. The summed E-state index contributed by atoms with van der Waals surface area (Å²) in [6.07, 6.45) is 0. The van der Waals surface area contributed by atoms with E-state index in [9.17, 15) is 9.59 Å². The highest BCUT2D eigenvalue weighted by Gasteiger charge is 2.08. The summed E-state index contributed by atoms with van der Waals surface area (Å²) in [7, 11) is 0. The van der Waals surface area contributed by atoms with E-state index in [-0.39, 0.29) is 24.9 Å². The van der Waals surface area contributed by atoms with Crippen LogP contribution in [0.3, 0.4) is 0 Å². The van der Waals surface area contributed by atoms with Crippen molar-refractivity contribution in [2.24, 2.45) is 0 Å². The zero-order valence-corrected chi connectivity index (χ0v) is 15.4. The molecule has 126 valence electrons. The highest BCUT2D eigenvalue weighted by molar-refractivity contribution is 9.10. The molecule has 0 heterocycles. The minimum atomic E-state index is -0.294. The first-order valence-corrected chi connectivity index (χ1v) is 8.44. The van der Waals surface area contributed by atoms with Crippen molar-refractivity contribution in [1.29, 1.82) is 0 Å². The highest BCUT2D eigenvalue weighted by Crippen LogP contribution is 2.20. The maximum atomic E-state index is 11.9. The van der Waals surface area contributed by atoms with Crippen LogP contribution in [0.2, 0.25) is 5.02 Å². The lowest BCUT2D eigenvalue weighted by atomic mass is 10.2. The van der Waals surface area contributed by atoms with E-state index < -0.39 is 0 Å². The largest absolute Gasteiger partial charge is 0.375 e. The average Bonchev–Trinajstić information content (AvgIpc) is 2.55. The number of carbonyl (C=O) groups excluding carboxylic acids is 2. The summed E-state index contributed by atoms with van der Waals surface area (Å²) in [6.45, 7) is 1.83. The van der Waals surface area contributed by atoms with Crippen molar-refractivity contribution in [3.05, 3.63) is 57.5 Å². The lowest BCUT2D eigenvalue weighted by molar-refractivity contribution is -0.122. The molecule has 2 amide bonds. The van der Waals surface area contributed by atoms with Gasteiger partial charge in [-0.2, -0.15) is 0 Å². The van der Waals surface area contributed by atoms with Gasteiger partial charge in [0.1, 0.15) is 0 Å². The Bertz CT molecular complexity index is 752. The number of aryl methyl sites for hydroxylation is 1. The Kier molecular flexibility index (Phi) is 6.63. The number of hydrogen-bond acceptors (Lipinski definition) is 3. The Morgan fingerprint density at radius 3 is 2.50 bits per heavy atom. The van der Waals surface area contributed by atoms with Crippen molar-refractivity contribution < 1.29 is 9.59 Å². The zero-order valence-electron chi connectivity index (χ0n) is 13.0. The minimum Gasteiger partial charge on any atom is -0.375 e. The smallest absolute Gasteiger partial charge is 0.243 e. The monoisotopic (exact) mass is 409 g/mol. The summed E-state index contributed by atoms with van der Waals surface area (Å²) in [5.41, 5.74) is 2.32. The van der Waals surface area contributed by atoms with Crippen LogP contribution in [0.5, 0.6) is 0 Å². The third-order valence-electron chi connectivity index (χ3n) is 3.22. The molecule has 0 saturated heterocycles. The number of halogens is 2. The van der Waals surface area contributed by atoms with E-state index in [4.69, 9.17) is 11.6 Å². The van der Waals surface area contributed by atoms with Crippen LogP contribution in [0.15, 0.2) is 46.9 Å². The van der Waals surface area contributed by atoms with Crippen LogP contribution in [0.1, 0.15) is 5.56 Å². The third-order valence-corrected chi connectivity index (χ3v) is 4.04. The van der Waals surface area contributed by atoms with Crippen molar-refractivity contribution in [2.45, 2.75) is 6.92 Å². The molecule has 7 heteroatoms. The quantitative estimate of drug-likeness (QED) is 0.682. The van der Waals surface area contributed by atoms with Gasteiger partial charge in [0.15, 0.2) is 0 Å². The van der Waals surface area contributed by atoms with Gasteiger partial charge in [-0.05, 0) is 42.8 Å². The number of amides is 2. The molecule has 0 unspecified atom stereocenters. The molecule has 24 heavy (non-hydrogen) atoms. The first kappa shape index (κ1) is 18.3. The van der Waals surface area contributed by atoms with Crippen molar-refractivity contribution in [2.75, 3.05) is 23.7 Å². The molecule has 0 aliphatic rings. The molecule has 0 saturated carbocycles. The highest BCUT2D eigenvalue weighted by atomic mass is 79.9. The number of carbonyl (C=O) groups is 2. The predicted molar refractivity (Wildman–Crippen MR) is 100 cm³/mol. The maximum Gasteiger partial charge on any atom is 0.243 e. The predicted octanol–water partition coefficient (Wildman–Crippen LogP) is 3.58. The van der Waals surface area contributed by atoms with E-state index in [1.165, 1.54) is 0 Å². The van der Waals surface area contributed by atoms with Gasteiger partial charge in [0.25, 0.3) is 0 Å². The fourth-order valence-electron chi connectivity index (χ4n) is 1.98. The maximum absolute atomic E-state index is 11.9. The minimum absolute atomic E-state index is 0.0360. The molecule has 2 aromatic rings. The molecule has 0 spiro atoms. The van der Waals surface area contributed by atoms with Gasteiger partial charge in [-0.3, -0.25) is 9.59 Å². The van der Waals surface area contributed by atoms with Crippen LogP contribution < -0.4 is 16.0 Å². The molecule has 0 atom stereocenters. The Labute approximate surface area is 153 Å². The molecule has 2 aromatic carbocycles. The first-order valence-electron chi connectivity index (χ1n) is 7.27. The fraction of sp³-hybridized carbons (Fsp3) is 0.176. The summed E-state index contributed by atoms with van der Waals surface area (Å²) in [5.74, 6) is -0.580. The third kappa shape index (κ3) is 5.54. The lowest BCUT2D eigenvalue weighted by Gasteiger charge is -2.11. The number of hydrogen-bond donors (Lipinski definition) is 3. The average molecular weight is 411 g/mol. The van der Waals surface area contributed by atoms with Gasteiger partial charge in [-0.15, -0.1) is 0 Å². The van der Waals surface area contributed by atoms with Gasteiger partial charge in [0.2, 0.25) is 11.8 Å². The normalized spacial score (nSPS) is 10.1. The van der Waals surface area contributed by atoms with Crippen LogP contribution in [-0.4, -0.2) is 24.9 Å².